The SMILES string of the molecule is CSCCCCn1c(SCC(=O)O)nc2c(Cl)cccc21. The quantitative estimate of drug-likeness (QED) is 0.579. The molecule has 1 aromatic carbocycles. The van der Waals surface area contributed by atoms with Crippen molar-refractivity contribution in [3.8, 4) is 0 Å². The fourth-order valence-corrected chi connectivity index (χ4v) is 3.52. The first-order chi connectivity index (χ1) is 10.1. The maximum Gasteiger partial charge on any atom is 0.313 e. The Labute approximate surface area is 137 Å². The van der Waals surface area contributed by atoms with Crippen molar-refractivity contribution >= 4 is 52.1 Å². The molecule has 0 amide bonds. The number of thioether (sulfide) groups is 2. The highest BCUT2D eigenvalue weighted by molar-refractivity contribution is 7.99. The molecule has 21 heavy (non-hydrogen) atoms. The number of hydrogen-bond donors (Lipinski definition) is 1. The lowest BCUT2D eigenvalue weighted by Crippen LogP contribution is -2.04. The van der Waals surface area contributed by atoms with Gasteiger partial charge in [-0.25, -0.2) is 4.98 Å². The highest BCUT2D eigenvalue weighted by Gasteiger charge is 2.14. The van der Waals surface area contributed by atoms with Gasteiger partial charge in [0.15, 0.2) is 5.16 Å². The second-order valence-corrected chi connectivity index (χ2v) is 6.87. The van der Waals surface area contributed by atoms with Crippen LogP contribution in [0.5, 0.6) is 0 Å². The summed E-state index contributed by atoms with van der Waals surface area (Å²) in [5.41, 5.74) is 1.72. The molecule has 114 valence electrons. The van der Waals surface area contributed by atoms with Crippen molar-refractivity contribution in [2.24, 2.45) is 0 Å². The molecule has 0 atom stereocenters. The average Bonchev–Trinajstić information content (AvgIpc) is 2.81. The van der Waals surface area contributed by atoms with Crippen molar-refractivity contribution in [1.29, 1.82) is 0 Å². The topological polar surface area (TPSA) is 55.1 Å². The molecule has 7 heteroatoms. The van der Waals surface area contributed by atoms with E-state index in [0.717, 1.165) is 41.3 Å². The van der Waals surface area contributed by atoms with Gasteiger partial charge in [-0.2, -0.15) is 11.8 Å². The molecular formula is C14H17ClN2O2S2. The van der Waals surface area contributed by atoms with Crippen molar-refractivity contribution < 1.29 is 9.90 Å². The summed E-state index contributed by atoms with van der Waals surface area (Å²) in [6, 6.07) is 5.69. The van der Waals surface area contributed by atoms with Gasteiger partial charge in [-0.3, -0.25) is 4.79 Å². The number of nitrogens with zero attached hydrogens (tertiary/aromatic N) is 2. The number of hydrogen-bond acceptors (Lipinski definition) is 4. The Bertz CT molecular complexity index is 631. The third-order valence-corrected chi connectivity index (χ3v) is 4.96. The molecule has 1 aromatic heterocycles. The molecule has 0 aliphatic rings. The van der Waals surface area contributed by atoms with Crippen LogP contribution in [0.2, 0.25) is 5.02 Å². The van der Waals surface area contributed by atoms with Crippen LogP contribution >= 0.6 is 35.1 Å². The largest absolute Gasteiger partial charge is 0.481 e. The molecule has 0 fully saturated rings. The molecule has 2 rings (SSSR count). The Balaban J connectivity index is 2.26. The van der Waals surface area contributed by atoms with E-state index >= 15 is 0 Å². The van der Waals surface area contributed by atoms with E-state index in [0.29, 0.717) is 5.02 Å². The van der Waals surface area contributed by atoms with E-state index in [4.69, 9.17) is 16.7 Å². The Kier molecular flexibility index (Phi) is 6.26. The minimum absolute atomic E-state index is 0.00571. The number of aryl methyl sites for hydroxylation is 1. The first-order valence-corrected chi connectivity index (χ1v) is 9.37. The van der Waals surface area contributed by atoms with Crippen molar-refractivity contribution in [3.63, 3.8) is 0 Å². The Morgan fingerprint density at radius 2 is 2.24 bits per heavy atom. The normalized spacial score (nSPS) is 11.1. The number of benzene rings is 1. The number of carboxylic acids is 1. The van der Waals surface area contributed by atoms with Gasteiger partial charge in [0.25, 0.3) is 0 Å². The monoisotopic (exact) mass is 344 g/mol. The van der Waals surface area contributed by atoms with E-state index < -0.39 is 5.97 Å². The van der Waals surface area contributed by atoms with E-state index in [1.165, 1.54) is 11.8 Å². The maximum absolute atomic E-state index is 10.8. The van der Waals surface area contributed by atoms with Crippen LogP contribution in [-0.2, 0) is 11.3 Å². The molecule has 1 N–H and O–H groups in total. The molecule has 0 unspecified atom stereocenters. The summed E-state index contributed by atoms with van der Waals surface area (Å²) in [6.07, 6.45) is 4.27. The molecule has 0 aliphatic carbocycles. The fraction of sp³-hybridized carbons (Fsp3) is 0.429. The van der Waals surface area contributed by atoms with Crippen LogP contribution in [0, 0.1) is 0 Å². The zero-order valence-electron chi connectivity index (χ0n) is 11.7. The second-order valence-electron chi connectivity index (χ2n) is 4.54. The van der Waals surface area contributed by atoms with Gasteiger partial charge >= 0.3 is 5.97 Å². The Hall–Kier alpha value is -0.850. The first kappa shape index (κ1) is 16.5. The van der Waals surface area contributed by atoms with Gasteiger partial charge in [-0.1, -0.05) is 29.4 Å². The number of carbonyl (C=O) groups is 1. The van der Waals surface area contributed by atoms with Gasteiger partial charge in [0.05, 0.1) is 16.3 Å². The summed E-state index contributed by atoms with van der Waals surface area (Å²) in [5, 5.41) is 10.2. The fourth-order valence-electron chi connectivity index (χ4n) is 2.06. The number of unbranched alkanes of at least 4 members (excludes halogenated alkanes) is 1. The predicted octanol–water partition coefficient (Wildman–Crippen LogP) is 4.01. The Morgan fingerprint density at radius 3 is 2.95 bits per heavy atom. The van der Waals surface area contributed by atoms with Crippen LogP contribution < -0.4 is 0 Å². The number of para-hydroxylation sites is 1. The van der Waals surface area contributed by atoms with Crippen LogP contribution in [0.4, 0.5) is 0 Å². The molecule has 0 bridgehead atoms. The standard InChI is InChI=1S/C14H17ClN2O2S2/c1-20-8-3-2-7-17-11-6-4-5-10(15)13(11)16-14(17)21-9-12(18)19/h4-6H,2-3,7-9H2,1H3,(H,18,19). The molecule has 2 aromatic rings. The minimum Gasteiger partial charge on any atom is -0.481 e. The van der Waals surface area contributed by atoms with Crippen LogP contribution in [0.25, 0.3) is 11.0 Å². The molecule has 0 saturated carbocycles. The first-order valence-electron chi connectivity index (χ1n) is 6.61. The van der Waals surface area contributed by atoms with Crippen molar-refractivity contribution in [1.82, 2.24) is 9.55 Å². The molecule has 0 radical (unpaired) electrons. The summed E-state index contributed by atoms with van der Waals surface area (Å²) in [5.74, 6) is 0.295. The lowest BCUT2D eigenvalue weighted by molar-refractivity contribution is -0.133. The molecule has 4 nitrogen and oxygen atoms in total. The average molecular weight is 345 g/mol. The maximum atomic E-state index is 10.8. The molecule has 0 spiro atoms. The van der Waals surface area contributed by atoms with E-state index in [1.807, 2.05) is 23.9 Å². The summed E-state index contributed by atoms with van der Waals surface area (Å²) >= 11 is 9.26. The summed E-state index contributed by atoms with van der Waals surface area (Å²) in [6.45, 7) is 0.833. The zero-order valence-corrected chi connectivity index (χ0v) is 14.1. The summed E-state index contributed by atoms with van der Waals surface area (Å²) < 4.78 is 2.08. The van der Waals surface area contributed by atoms with Gasteiger partial charge in [0, 0.05) is 6.54 Å². The van der Waals surface area contributed by atoms with Crippen molar-refractivity contribution in [3.05, 3.63) is 23.2 Å². The van der Waals surface area contributed by atoms with Crippen LogP contribution in [0.15, 0.2) is 23.4 Å². The van der Waals surface area contributed by atoms with E-state index in [1.54, 1.807) is 6.07 Å². The number of carboxylic acid groups (broad SMARTS) is 1. The van der Waals surface area contributed by atoms with Gasteiger partial charge in [-0.15, -0.1) is 0 Å². The second kappa shape index (κ2) is 7.96. The van der Waals surface area contributed by atoms with Crippen LogP contribution in [0.1, 0.15) is 12.8 Å². The van der Waals surface area contributed by atoms with Crippen LogP contribution in [-0.4, -0.2) is 38.4 Å². The highest BCUT2D eigenvalue weighted by Crippen LogP contribution is 2.29. The number of aliphatic carboxylic acids is 1. The highest BCUT2D eigenvalue weighted by atomic mass is 35.5. The van der Waals surface area contributed by atoms with Crippen molar-refractivity contribution in [2.75, 3.05) is 17.8 Å². The number of imidazole rings is 1. The Morgan fingerprint density at radius 1 is 1.43 bits per heavy atom. The van der Waals surface area contributed by atoms with Crippen LogP contribution in [0.3, 0.4) is 0 Å². The third kappa shape index (κ3) is 4.31. The predicted molar refractivity (Wildman–Crippen MR) is 90.7 cm³/mol. The van der Waals surface area contributed by atoms with Gasteiger partial charge in [0.1, 0.15) is 5.52 Å². The minimum atomic E-state index is -0.841. The number of rotatable bonds is 8. The molecule has 0 saturated heterocycles. The van der Waals surface area contributed by atoms with Gasteiger partial charge in [-0.05, 0) is 37.0 Å². The van der Waals surface area contributed by atoms with E-state index in [-0.39, 0.29) is 5.75 Å². The molecule has 1 heterocycles. The smallest absolute Gasteiger partial charge is 0.313 e. The summed E-state index contributed by atoms with van der Waals surface area (Å²) in [4.78, 5) is 15.3. The van der Waals surface area contributed by atoms with E-state index in [2.05, 4.69) is 15.8 Å². The number of halogens is 1. The summed E-state index contributed by atoms with van der Waals surface area (Å²) in [7, 11) is 0. The van der Waals surface area contributed by atoms with Gasteiger partial charge < -0.3 is 9.67 Å². The van der Waals surface area contributed by atoms with E-state index in [9.17, 15) is 4.79 Å². The molecule has 0 aliphatic heterocycles. The lowest BCUT2D eigenvalue weighted by Gasteiger charge is -2.08. The number of fused-ring (bicyclic) bond motifs is 1. The number of aromatic nitrogens is 2. The third-order valence-electron chi connectivity index (χ3n) is 3.00. The lowest BCUT2D eigenvalue weighted by atomic mass is 10.3. The molecular weight excluding hydrogens is 328 g/mol. The zero-order chi connectivity index (χ0) is 15.2. The van der Waals surface area contributed by atoms with Crippen molar-refractivity contribution in [2.45, 2.75) is 24.5 Å². The van der Waals surface area contributed by atoms with Gasteiger partial charge in [0.2, 0.25) is 0 Å².